The van der Waals surface area contributed by atoms with E-state index in [4.69, 9.17) is 5.11 Å². The first-order chi connectivity index (χ1) is 8.18. The molecule has 0 spiro atoms. The minimum absolute atomic E-state index is 0.167. The highest BCUT2D eigenvalue weighted by atomic mass is 16.4. The topological polar surface area (TPSA) is 37.3 Å². The quantitative estimate of drug-likeness (QED) is 0.801. The second kappa shape index (κ2) is 5.17. The van der Waals surface area contributed by atoms with Crippen LogP contribution in [0.1, 0.15) is 49.1 Å². The van der Waals surface area contributed by atoms with Gasteiger partial charge in [-0.05, 0) is 29.9 Å². The van der Waals surface area contributed by atoms with E-state index in [0.717, 1.165) is 0 Å². The third-order valence-corrected chi connectivity index (χ3v) is 3.59. The molecule has 0 aliphatic heterocycles. The minimum Gasteiger partial charge on any atom is -0.478 e. The fourth-order valence-corrected chi connectivity index (χ4v) is 2.52. The van der Waals surface area contributed by atoms with Gasteiger partial charge in [0.05, 0.1) is 5.57 Å². The van der Waals surface area contributed by atoms with E-state index in [1.54, 1.807) is 0 Å². The number of aliphatic carboxylic acids is 1. The van der Waals surface area contributed by atoms with Crippen molar-refractivity contribution in [1.82, 2.24) is 0 Å². The van der Waals surface area contributed by atoms with Crippen LogP contribution in [-0.2, 0) is 4.79 Å². The Morgan fingerprint density at radius 3 is 2.24 bits per heavy atom. The largest absolute Gasteiger partial charge is 0.478 e. The molecule has 2 heteroatoms. The summed E-state index contributed by atoms with van der Waals surface area (Å²) in [5, 5.41) is 8.85. The van der Waals surface area contributed by atoms with Gasteiger partial charge >= 0.3 is 5.97 Å². The van der Waals surface area contributed by atoms with Crippen molar-refractivity contribution in [2.45, 2.75) is 38.0 Å². The molecule has 1 aliphatic rings. The number of hydrogen-bond donors (Lipinski definition) is 1. The summed E-state index contributed by atoms with van der Waals surface area (Å²) in [5.41, 5.74) is 2.21. The second-order valence-electron chi connectivity index (χ2n) is 4.74. The normalized spacial score (nSPS) is 16.7. The molecule has 90 valence electrons. The van der Waals surface area contributed by atoms with E-state index in [2.05, 4.69) is 18.7 Å². The molecule has 2 nitrogen and oxygen atoms in total. The van der Waals surface area contributed by atoms with Crippen molar-refractivity contribution in [2.75, 3.05) is 0 Å². The van der Waals surface area contributed by atoms with E-state index in [0.29, 0.717) is 11.5 Å². The molecular weight excluding hydrogens is 212 g/mol. The molecule has 0 amide bonds. The Morgan fingerprint density at radius 1 is 1.12 bits per heavy atom. The van der Waals surface area contributed by atoms with Gasteiger partial charge in [-0.2, -0.15) is 0 Å². The number of carboxylic acids is 1. The number of hydrogen-bond acceptors (Lipinski definition) is 1. The highest BCUT2D eigenvalue weighted by molar-refractivity contribution is 6.14. The van der Waals surface area contributed by atoms with E-state index < -0.39 is 5.97 Å². The predicted molar refractivity (Wildman–Crippen MR) is 68.9 cm³/mol. The van der Waals surface area contributed by atoms with Crippen LogP contribution in [0, 0.1) is 0 Å². The Hall–Kier alpha value is -1.57. The summed E-state index contributed by atoms with van der Waals surface area (Å²) in [4.78, 5) is 10.8. The lowest BCUT2D eigenvalue weighted by Gasteiger charge is -2.22. The highest BCUT2D eigenvalue weighted by Gasteiger charge is 2.15. The van der Waals surface area contributed by atoms with Gasteiger partial charge in [-0.1, -0.05) is 50.1 Å². The van der Waals surface area contributed by atoms with E-state index >= 15 is 0 Å². The molecule has 1 aliphatic carbocycles. The molecule has 1 fully saturated rings. The maximum Gasteiger partial charge on any atom is 0.335 e. The van der Waals surface area contributed by atoms with Crippen molar-refractivity contribution >= 4 is 11.5 Å². The maximum atomic E-state index is 10.8. The summed E-state index contributed by atoms with van der Waals surface area (Å²) in [6, 6.07) is 7.86. The third kappa shape index (κ3) is 2.76. The van der Waals surface area contributed by atoms with Crippen LogP contribution in [0.2, 0.25) is 0 Å². The first-order valence-corrected chi connectivity index (χ1v) is 6.21. The number of carboxylic acid groups (broad SMARTS) is 1. The average Bonchev–Trinajstić information content (AvgIpc) is 2.39. The fourth-order valence-electron chi connectivity index (χ4n) is 2.52. The predicted octanol–water partition coefficient (Wildman–Crippen LogP) is 3.83. The van der Waals surface area contributed by atoms with Crippen LogP contribution in [0.25, 0.3) is 5.57 Å². The second-order valence-corrected chi connectivity index (χ2v) is 4.74. The van der Waals surface area contributed by atoms with Crippen LogP contribution in [-0.4, -0.2) is 11.1 Å². The lowest BCUT2D eigenvalue weighted by Crippen LogP contribution is -2.04. The molecule has 0 bridgehead atoms. The zero-order valence-corrected chi connectivity index (χ0v) is 9.98. The number of rotatable bonds is 3. The monoisotopic (exact) mass is 230 g/mol. The standard InChI is InChI=1S/C15H18O2/c1-11(15(16)17)12-7-9-14(10-8-12)13-5-3-2-4-6-13/h7-10,13H,1-6H2,(H,16,17). The van der Waals surface area contributed by atoms with Crippen LogP contribution in [0.4, 0.5) is 0 Å². The molecule has 0 aromatic heterocycles. The average molecular weight is 230 g/mol. The summed E-state index contributed by atoms with van der Waals surface area (Å²) in [5.74, 6) is -0.286. The molecule has 0 radical (unpaired) electrons. The van der Waals surface area contributed by atoms with E-state index in [1.165, 1.54) is 37.7 Å². The van der Waals surface area contributed by atoms with Gasteiger partial charge in [-0.25, -0.2) is 4.79 Å². The summed E-state index contributed by atoms with van der Waals surface area (Å²) in [6.07, 6.45) is 6.51. The van der Waals surface area contributed by atoms with Crippen molar-refractivity contribution < 1.29 is 9.90 Å². The van der Waals surface area contributed by atoms with Crippen molar-refractivity contribution in [3.05, 3.63) is 42.0 Å². The summed E-state index contributed by atoms with van der Waals surface area (Å²) in [7, 11) is 0. The van der Waals surface area contributed by atoms with Gasteiger partial charge in [0.15, 0.2) is 0 Å². The SMILES string of the molecule is C=C(C(=O)O)c1ccc(C2CCCCC2)cc1. The molecule has 17 heavy (non-hydrogen) atoms. The van der Waals surface area contributed by atoms with E-state index in [1.807, 2.05) is 12.1 Å². The Kier molecular flexibility index (Phi) is 3.62. The van der Waals surface area contributed by atoms with Crippen LogP contribution in [0.3, 0.4) is 0 Å². The fraction of sp³-hybridized carbons (Fsp3) is 0.400. The highest BCUT2D eigenvalue weighted by Crippen LogP contribution is 2.32. The zero-order valence-electron chi connectivity index (χ0n) is 9.98. The van der Waals surface area contributed by atoms with Crippen molar-refractivity contribution in [3.8, 4) is 0 Å². The Balaban J connectivity index is 2.12. The smallest absolute Gasteiger partial charge is 0.335 e. The minimum atomic E-state index is -0.949. The Morgan fingerprint density at radius 2 is 1.71 bits per heavy atom. The van der Waals surface area contributed by atoms with E-state index in [9.17, 15) is 4.79 Å². The van der Waals surface area contributed by atoms with Gasteiger partial charge in [-0.3, -0.25) is 0 Å². The van der Waals surface area contributed by atoms with Gasteiger partial charge < -0.3 is 5.11 Å². The lowest BCUT2D eigenvalue weighted by atomic mass is 9.84. The Bertz CT molecular complexity index is 411. The van der Waals surface area contributed by atoms with Gasteiger partial charge in [0.25, 0.3) is 0 Å². The van der Waals surface area contributed by atoms with Crippen molar-refractivity contribution in [2.24, 2.45) is 0 Å². The molecule has 1 aromatic rings. The summed E-state index contributed by atoms with van der Waals surface area (Å²) >= 11 is 0. The zero-order chi connectivity index (χ0) is 12.3. The van der Waals surface area contributed by atoms with Crippen LogP contribution in [0.15, 0.2) is 30.8 Å². The molecule has 0 saturated heterocycles. The van der Waals surface area contributed by atoms with Crippen LogP contribution >= 0.6 is 0 Å². The van der Waals surface area contributed by atoms with Crippen LogP contribution in [0.5, 0.6) is 0 Å². The number of carbonyl (C=O) groups is 1. The van der Waals surface area contributed by atoms with Crippen molar-refractivity contribution in [3.63, 3.8) is 0 Å². The summed E-state index contributed by atoms with van der Waals surface area (Å²) in [6.45, 7) is 3.57. The maximum absolute atomic E-state index is 10.8. The molecular formula is C15H18O2. The molecule has 1 aromatic carbocycles. The molecule has 0 heterocycles. The molecule has 0 atom stereocenters. The van der Waals surface area contributed by atoms with Gasteiger partial charge in [0, 0.05) is 0 Å². The van der Waals surface area contributed by atoms with E-state index in [-0.39, 0.29) is 5.57 Å². The van der Waals surface area contributed by atoms with Crippen LogP contribution < -0.4 is 0 Å². The first kappa shape index (κ1) is 11.9. The first-order valence-electron chi connectivity index (χ1n) is 6.21. The third-order valence-electron chi connectivity index (χ3n) is 3.59. The summed E-state index contributed by atoms with van der Waals surface area (Å²) < 4.78 is 0. The Labute approximate surface area is 102 Å². The lowest BCUT2D eigenvalue weighted by molar-refractivity contribution is -0.130. The molecule has 1 saturated carbocycles. The van der Waals surface area contributed by atoms with Gasteiger partial charge in [0.2, 0.25) is 0 Å². The number of benzene rings is 1. The van der Waals surface area contributed by atoms with Crippen molar-refractivity contribution in [1.29, 1.82) is 0 Å². The molecule has 1 N–H and O–H groups in total. The molecule has 0 unspecified atom stereocenters. The van der Waals surface area contributed by atoms with Gasteiger partial charge in [0.1, 0.15) is 0 Å². The van der Waals surface area contributed by atoms with Gasteiger partial charge in [-0.15, -0.1) is 0 Å². The molecule has 2 rings (SSSR count).